The van der Waals surface area contributed by atoms with Crippen LogP contribution in [0.4, 0.5) is 0 Å². The Kier molecular flexibility index (Phi) is 5.20. The van der Waals surface area contributed by atoms with Crippen molar-refractivity contribution >= 4 is 46.4 Å². The molecule has 25 heavy (non-hydrogen) atoms. The quantitative estimate of drug-likeness (QED) is 0.568. The number of benzene rings is 1. The predicted octanol–water partition coefficient (Wildman–Crippen LogP) is 4.92. The van der Waals surface area contributed by atoms with Crippen LogP contribution in [0.1, 0.15) is 0 Å². The van der Waals surface area contributed by atoms with Gasteiger partial charge in [-0.1, -0.05) is 46.4 Å². The van der Waals surface area contributed by atoms with Crippen LogP contribution in [0.5, 0.6) is 5.88 Å². The number of hydrogen-bond acceptors (Lipinski definition) is 4. The zero-order valence-electron chi connectivity index (χ0n) is 12.6. The first kappa shape index (κ1) is 18.0. The topological polar surface area (TPSA) is 57.0 Å². The lowest BCUT2D eigenvalue weighted by atomic mass is 10.1. The lowest BCUT2D eigenvalue weighted by Gasteiger charge is -2.13. The Labute approximate surface area is 162 Å². The van der Waals surface area contributed by atoms with Crippen LogP contribution in [-0.2, 0) is 0 Å². The van der Waals surface area contributed by atoms with Crippen LogP contribution >= 0.6 is 46.4 Å². The van der Waals surface area contributed by atoms with E-state index in [0.29, 0.717) is 27.0 Å². The predicted molar refractivity (Wildman–Crippen MR) is 99.7 cm³/mol. The van der Waals surface area contributed by atoms with Gasteiger partial charge in [0.1, 0.15) is 10.2 Å². The van der Waals surface area contributed by atoms with Crippen LogP contribution < -0.4 is 10.3 Å². The maximum absolute atomic E-state index is 12.7. The molecule has 2 heterocycles. The molecule has 3 aromatic rings. The van der Waals surface area contributed by atoms with E-state index in [9.17, 15) is 4.79 Å². The third-order valence-corrected chi connectivity index (χ3v) is 4.67. The van der Waals surface area contributed by atoms with E-state index in [0.717, 1.165) is 4.68 Å². The molecule has 0 bridgehead atoms. The Balaban J connectivity index is 2.24. The lowest BCUT2D eigenvalue weighted by molar-refractivity contribution is 0.388. The molecule has 9 heteroatoms. The largest absolute Gasteiger partial charge is 0.479 e. The monoisotopic (exact) mass is 415 g/mol. The molecule has 0 atom stereocenters. The molecule has 0 N–H and O–H groups in total. The number of aromatic nitrogens is 3. The third-order valence-electron chi connectivity index (χ3n) is 3.36. The Bertz CT molecular complexity index is 1000. The van der Waals surface area contributed by atoms with Gasteiger partial charge in [-0.15, -0.1) is 5.10 Å². The molecule has 5 nitrogen and oxygen atoms in total. The molecule has 128 valence electrons. The first-order chi connectivity index (χ1) is 11.9. The van der Waals surface area contributed by atoms with Gasteiger partial charge in [0.15, 0.2) is 0 Å². The van der Waals surface area contributed by atoms with Crippen molar-refractivity contribution in [2.75, 3.05) is 7.11 Å². The SMILES string of the molecule is COc1nn(-c2ccc(Cl)c(Cl)c2)c(=O)c(Cl)c1-c1ccc(Cl)nc1. The van der Waals surface area contributed by atoms with Gasteiger partial charge in [0.25, 0.3) is 5.56 Å². The molecule has 0 aliphatic heterocycles. The smallest absolute Gasteiger partial charge is 0.291 e. The summed E-state index contributed by atoms with van der Waals surface area (Å²) >= 11 is 24.0. The molecule has 0 saturated heterocycles. The van der Waals surface area contributed by atoms with Crippen molar-refractivity contribution in [1.29, 1.82) is 0 Å². The average Bonchev–Trinajstić information content (AvgIpc) is 2.60. The Hall–Kier alpha value is -1.79. The maximum Gasteiger partial charge on any atom is 0.291 e. The van der Waals surface area contributed by atoms with Gasteiger partial charge < -0.3 is 4.74 Å². The number of hydrogen-bond donors (Lipinski definition) is 0. The number of nitrogens with zero attached hydrogens (tertiary/aromatic N) is 3. The van der Waals surface area contributed by atoms with Crippen molar-refractivity contribution in [3.05, 3.63) is 67.1 Å². The zero-order chi connectivity index (χ0) is 18.1. The Morgan fingerprint density at radius 3 is 2.40 bits per heavy atom. The molecule has 0 aliphatic carbocycles. The van der Waals surface area contributed by atoms with Crippen LogP contribution in [0.25, 0.3) is 16.8 Å². The number of methoxy groups -OCH3 is 1. The molecule has 0 saturated carbocycles. The fraction of sp³-hybridized carbons (Fsp3) is 0.0625. The van der Waals surface area contributed by atoms with Gasteiger partial charge in [-0.3, -0.25) is 4.79 Å². The zero-order valence-corrected chi connectivity index (χ0v) is 15.7. The summed E-state index contributed by atoms with van der Waals surface area (Å²) in [6, 6.07) is 7.92. The fourth-order valence-corrected chi connectivity index (χ4v) is 2.86. The number of rotatable bonds is 3. The highest BCUT2D eigenvalue weighted by atomic mass is 35.5. The van der Waals surface area contributed by atoms with Crippen LogP contribution in [0.2, 0.25) is 20.2 Å². The summed E-state index contributed by atoms with van der Waals surface area (Å²) in [5, 5.41) is 5.12. The molecule has 3 rings (SSSR count). The van der Waals surface area contributed by atoms with E-state index < -0.39 is 5.56 Å². The van der Waals surface area contributed by atoms with Crippen LogP contribution in [0.15, 0.2) is 41.3 Å². The lowest BCUT2D eigenvalue weighted by Crippen LogP contribution is -2.23. The van der Waals surface area contributed by atoms with Crippen molar-refractivity contribution in [1.82, 2.24) is 14.8 Å². The normalized spacial score (nSPS) is 10.8. The Morgan fingerprint density at radius 1 is 1.04 bits per heavy atom. The highest BCUT2D eigenvalue weighted by molar-refractivity contribution is 6.42. The van der Waals surface area contributed by atoms with Gasteiger partial charge >= 0.3 is 0 Å². The molecule has 1 aromatic carbocycles. The second-order valence-electron chi connectivity index (χ2n) is 4.88. The first-order valence-corrected chi connectivity index (χ1v) is 8.37. The average molecular weight is 417 g/mol. The standard InChI is InChI=1S/C16H9Cl4N3O2/c1-25-15-13(8-2-5-12(19)21-7-8)14(20)16(24)23(22-15)9-3-4-10(17)11(18)6-9/h2-7H,1H3. The maximum atomic E-state index is 12.7. The van der Waals surface area contributed by atoms with Gasteiger partial charge in [-0.25, -0.2) is 4.98 Å². The number of pyridine rings is 1. The Morgan fingerprint density at radius 2 is 1.80 bits per heavy atom. The van der Waals surface area contributed by atoms with E-state index in [1.165, 1.54) is 19.4 Å². The van der Waals surface area contributed by atoms with Crippen LogP contribution in [0, 0.1) is 0 Å². The van der Waals surface area contributed by atoms with Crippen molar-refractivity contribution in [3.8, 4) is 22.7 Å². The summed E-state index contributed by atoms with van der Waals surface area (Å²) < 4.78 is 6.40. The highest BCUT2D eigenvalue weighted by Crippen LogP contribution is 2.33. The van der Waals surface area contributed by atoms with Gasteiger partial charge in [-0.2, -0.15) is 4.68 Å². The van der Waals surface area contributed by atoms with Crippen LogP contribution in [0.3, 0.4) is 0 Å². The van der Waals surface area contributed by atoms with Gasteiger partial charge in [0.2, 0.25) is 5.88 Å². The highest BCUT2D eigenvalue weighted by Gasteiger charge is 2.20. The minimum absolute atomic E-state index is 0.0676. The molecular weight excluding hydrogens is 408 g/mol. The number of ether oxygens (including phenoxy) is 1. The van der Waals surface area contributed by atoms with E-state index >= 15 is 0 Å². The summed E-state index contributed by atoms with van der Waals surface area (Å²) in [6.07, 6.45) is 1.48. The minimum Gasteiger partial charge on any atom is -0.479 e. The molecule has 0 spiro atoms. The molecular formula is C16H9Cl4N3O2. The third kappa shape index (κ3) is 3.46. The minimum atomic E-state index is -0.536. The van der Waals surface area contributed by atoms with E-state index in [4.69, 9.17) is 51.1 Å². The fourth-order valence-electron chi connectivity index (χ4n) is 2.19. The molecule has 0 amide bonds. The second kappa shape index (κ2) is 7.22. The second-order valence-corrected chi connectivity index (χ2v) is 6.46. The van der Waals surface area contributed by atoms with Gasteiger partial charge in [-0.05, 0) is 30.3 Å². The molecule has 0 fully saturated rings. The molecule has 0 unspecified atom stereocenters. The molecule has 2 aromatic heterocycles. The van der Waals surface area contributed by atoms with Crippen molar-refractivity contribution in [2.45, 2.75) is 0 Å². The summed E-state index contributed by atoms with van der Waals surface area (Å²) in [4.78, 5) is 16.7. The van der Waals surface area contributed by atoms with Crippen molar-refractivity contribution in [3.63, 3.8) is 0 Å². The summed E-state index contributed by atoms with van der Waals surface area (Å²) in [7, 11) is 1.43. The van der Waals surface area contributed by atoms with E-state index in [2.05, 4.69) is 10.1 Å². The van der Waals surface area contributed by atoms with Gasteiger partial charge in [0.05, 0.1) is 28.4 Å². The number of halogens is 4. The van der Waals surface area contributed by atoms with E-state index in [1.807, 2.05) is 0 Å². The summed E-state index contributed by atoms with van der Waals surface area (Å²) in [5.41, 5.74) is 0.748. The van der Waals surface area contributed by atoms with Crippen LogP contribution in [-0.4, -0.2) is 21.9 Å². The molecule has 0 aliphatic rings. The van der Waals surface area contributed by atoms with Gasteiger partial charge in [0, 0.05) is 11.8 Å². The van der Waals surface area contributed by atoms with Crippen molar-refractivity contribution < 1.29 is 4.74 Å². The van der Waals surface area contributed by atoms with Crippen molar-refractivity contribution in [2.24, 2.45) is 0 Å². The first-order valence-electron chi connectivity index (χ1n) is 6.86. The summed E-state index contributed by atoms with van der Waals surface area (Å²) in [5.74, 6) is 0.153. The van der Waals surface area contributed by atoms with E-state index in [-0.39, 0.29) is 15.9 Å². The summed E-state index contributed by atoms with van der Waals surface area (Å²) in [6.45, 7) is 0. The van der Waals surface area contributed by atoms with E-state index in [1.54, 1.807) is 24.3 Å². The molecule has 0 radical (unpaired) electrons.